The average molecular weight is 256 g/mol. The van der Waals surface area contributed by atoms with Crippen molar-refractivity contribution in [1.29, 1.82) is 0 Å². The maximum Gasteiger partial charge on any atom is 0.134 e. The summed E-state index contributed by atoms with van der Waals surface area (Å²) in [5.41, 5.74) is 1.41. The van der Waals surface area contributed by atoms with Gasteiger partial charge in [-0.15, -0.1) is 0 Å². The molecule has 0 aliphatic rings. The topological polar surface area (TPSA) is 32.3 Å². The fourth-order valence-corrected chi connectivity index (χ4v) is 1.60. The zero-order chi connectivity index (χ0) is 13.1. The van der Waals surface area contributed by atoms with Crippen LogP contribution in [0.2, 0.25) is 5.02 Å². The Balaban J connectivity index is 2.44. The van der Waals surface area contributed by atoms with Crippen LogP contribution in [0, 0.1) is 11.3 Å². The quantitative estimate of drug-likeness (QED) is 0.857. The van der Waals surface area contributed by atoms with Gasteiger partial charge in [0.15, 0.2) is 0 Å². The van der Waals surface area contributed by atoms with Crippen molar-refractivity contribution in [3.8, 4) is 5.75 Å². The van der Waals surface area contributed by atoms with Gasteiger partial charge in [0.25, 0.3) is 0 Å². The number of halogens is 1. The van der Waals surface area contributed by atoms with Crippen LogP contribution in [-0.2, 0) is 6.54 Å². The second-order valence-electron chi connectivity index (χ2n) is 5.68. The lowest BCUT2D eigenvalue weighted by Gasteiger charge is -2.27. The van der Waals surface area contributed by atoms with Gasteiger partial charge in [0.05, 0.1) is 5.02 Å². The second kappa shape index (κ2) is 5.74. The van der Waals surface area contributed by atoms with Crippen LogP contribution in [-0.4, -0.2) is 11.7 Å². The number of rotatable bonds is 4. The summed E-state index contributed by atoms with van der Waals surface area (Å²) in [6, 6.07) is 5.31. The van der Waals surface area contributed by atoms with Gasteiger partial charge < -0.3 is 10.4 Å². The first kappa shape index (κ1) is 14.3. The molecular weight excluding hydrogens is 234 g/mol. The zero-order valence-corrected chi connectivity index (χ0v) is 11.8. The summed E-state index contributed by atoms with van der Waals surface area (Å²) in [5, 5.41) is 13.1. The third kappa shape index (κ3) is 4.57. The third-order valence-corrected chi connectivity index (χ3v) is 3.57. The van der Waals surface area contributed by atoms with E-state index in [9.17, 15) is 5.11 Å². The summed E-state index contributed by atoms with van der Waals surface area (Å²) in [5.74, 6) is 0.744. The predicted molar refractivity (Wildman–Crippen MR) is 73.4 cm³/mol. The summed E-state index contributed by atoms with van der Waals surface area (Å²) in [6.07, 6.45) is 0. The average Bonchev–Trinajstić information content (AvgIpc) is 2.22. The predicted octanol–water partition coefficient (Wildman–Crippen LogP) is 3.82. The van der Waals surface area contributed by atoms with Crippen LogP contribution < -0.4 is 5.32 Å². The molecule has 96 valence electrons. The third-order valence-electron chi connectivity index (χ3n) is 3.27. The van der Waals surface area contributed by atoms with E-state index in [1.165, 1.54) is 0 Å². The standard InChI is InChI=1S/C14H22ClNO/c1-10(14(2,3)4)8-16-9-11-5-6-13(17)12(15)7-11/h5-7,10,16-17H,8-9H2,1-4H3. The van der Waals surface area contributed by atoms with E-state index in [2.05, 4.69) is 33.0 Å². The Labute approximate surface area is 109 Å². The molecule has 1 rings (SSSR count). The molecule has 0 saturated carbocycles. The monoisotopic (exact) mass is 255 g/mol. The van der Waals surface area contributed by atoms with Crippen molar-refractivity contribution < 1.29 is 5.11 Å². The number of nitrogens with one attached hydrogen (secondary N) is 1. The summed E-state index contributed by atoms with van der Waals surface area (Å²) in [6.45, 7) is 10.7. The van der Waals surface area contributed by atoms with Crippen molar-refractivity contribution in [3.05, 3.63) is 28.8 Å². The number of phenolic OH excluding ortho intramolecular Hbond substituents is 1. The molecule has 3 heteroatoms. The highest BCUT2D eigenvalue weighted by Crippen LogP contribution is 2.25. The molecule has 0 aromatic heterocycles. The minimum absolute atomic E-state index is 0.137. The Kier molecular flexibility index (Phi) is 4.84. The SMILES string of the molecule is CC(CNCc1ccc(O)c(Cl)c1)C(C)(C)C. The Bertz CT molecular complexity index is 371. The van der Waals surface area contributed by atoms with E-state index >= 15 is 0 Å². The summed E-state index contributed by atoms with van der Waals surface area (Å²) in [7, 11) is 0. The van der Waals surface area contributed by atoms with E-state index in [-0.39, 0.29) is 5.75 Å². The number of aromatic hydroxyl groups is 1. The largest absolute Gasteiger partial charge is 0.506 e. The molecule has 0 spiro atoms. The number of phenols is 1. The molecule has 0 bridgehead atoms. The molecule has 0 amide bonds. The van der Waals surface area contributed by atoms with E-state index < -0.39 is 0 Å². The molecule has 0 saturated heterocycles. The van der Waals surface area contributed by atoms with Crippen LogP contribution in [0.4, 0.5) is 0 Å². The van der Waals surface area contributed by atoms with Crippen LogP contribution in [0.3, 0.4) is 0 Å². The van der Waals surface area contributed by atoms with Crippen molar-refractivity contribution in [2.75, 3.05) is 6.54 Å². The van der Waals surface area contributed by atoms with Gasteiger partial charge in [0.2, 0.25) is 0 Å². The highest BCUT2D eigenvalue weighted by molar-refractivity contribution is 6.32. The molecule has 17 heavy (non-hydrogen) atoms. The lowest BCUT2D eigenvalue weighted by Crippen LogP contribution is -2.29. The van der Waals surface area contributed by atoms with Gasteiger partial charge in [-0.1, -0.05) is 45.4 Å². The lowest BCUT2D eigenvalue weighted by molar-refractivity contribution is 0.252. The van der Waals surface area contributed by atoms with Crippen molar-refractivity contribution in [1.82, 2.24) is 5.32 Å². The Morgan fingerprint density at radius 2 is 2.00 bits per heavy atom. The van der Waals surface area contributed by atoms with Crippen LogP contribution in [0.5, 0.6) is 5.75 Å². The summed E-state index contributed by atoms with van der Waals surface area (Å²) in [4.78, 5) is 0. The van der Waals surface area contributed by atoms with Gasteiger partial charge in [-0.3, -0.25) is 0 Å². The fourth-order valence-electron chi connectivity index (χ4n) is 1.40. The molecule has 0 heterocycles. The zero-order valence-electron chi connectivity index (χ0n) is 11.0. The molecule has 1 aromatic carbocycles. The number of hydrogen-bond donors (Lipinski definition) is 2. The molecule has 0 aliphatic heterocycles. The van der Waals surface area contributed by atoms with Gasteiger partial charge in [0.1, 0.15) is 5.75 Å². The maximum atomic E-state index is 9.31. The molecule has 2 nitrogen and oxygen atoms in total. The Morgan fingerprint density at radius 3 is 2.53 bits per heavy atom. The Morgan fingerprint density at radius 1 is 1.35 bits per heavy atom. The van der Waals surface area contributed by atoms with Crippen LogP contribution >= 0.6 is 11.6 Å². The minimum Gasteiger partial charge on any atom is -0.506 e. The molecule has 0 fully saturated rings. The van der Waals surface area contributed by atoms with Crippen LogP contribution in [0.15, 0.2) is 18.2 Å². The molecule has 2 N–H and O–H groups in total. The van der Waals surface area contributed by atoms with Gasteiger partial charge >= 0.3 is 0 Å². The van der Waals surface area contributed by atoms with E-state index in [1.807, 2.05) is 6.07 Å². The van der Waals surface area contributed by atoms with Crippen molar-refractivity contribution in [3.63, 3.8) is 0 Å². The molecule has 0 radical (unpaired) electrons. The lowest BCUT2D eigenvalue weighted by atomic mass is 9.82. The van der Waals surface area contributed by atoms with Gasteiger partial charge in [-0.05, 0) is 35.6 Å². The van der Waals surface area contributed by atoms with Crippen molar-refractivity contribution >= 4 is 11.6 Å². The maximum absolute atomic E-state index is 9.31. The molecule has 1 aromatic rings. The van der Waals surface area contributed by atoms with Gasteiger partial charge in [0, 0.05) is 6.54 Å². The molecule has 1 atom stereocenters. The summed E-state index contributed by atoms with van der Waals surface area (Å²) >= 11 is 5.85. The first-order valence-electron chi connectivity index (χ1n) is 5.99. The molecule has 0 aliphatic carbocycles. The summed E-state index contributed by atoms with van der Waals surface area (Å²) < 4.78 is 0. The normalized spacial score (nSPS) is 13.7. The highest BCUT2D eigenvalue weighted by Gasteiger charge is 2.19. The van der Waals surface area contributed by atoms with Crippen molar-refractivity contribution in [2.45, 2.75) is 34.2 Å². The minimum atomic E-state index is 0.137. The first-order valence-corrected chi connectivity index (χ1v) is 6.36. The number of hydrogen-bond acceptors (Lipinski definition) is 2. The smallest absolute Gasteiger partial charge is 0.134 e. The Hall–Kier alpha value is -0.730. The fraction of sp³-hybridized carbons (Fsp3) is 0.571. The van der Waals surface area contributed by atoms with Gasteiger partial charge in [-0.2, -0.15) is 0 Å². The molecule has 1 unspecified atom stereocenters. The number of benzene rings is 1. The van der Waals surface area contributed by atoms with Crippen LogP contribution in [0.25, 0.3) is 0 Å². The van der Waals surface area contributed by atoms with Gasteiger partial charge in [-0.25, -0.2) is 0 Å². The van der Waals surface area contributed by atoms with E-state index in [4.69, 9.17) is 11.6 Å². The van der Waals surface area contributed by atoms with Crippen LogP contribution in [0.1, 0.15) is 33.3 Å². The van der Waals surface area contributed by atoms with Crippen molar-refractivity contribution in [2.24, 2.45) is 11.3 Å². The first-order chi connectivity index (χ1) is 7.80. The van der Waals surface area contributed by atoms with E-state index in [1.54, 1.807) is 12.1 Å². The molecular formula is C14H22ClNO. The second-order valence-corrected chi connectivity index (χ2v) is 6.09. The van der Waals surface area contributed by atoms with E-state index in [0.717, 1.165) is 18.7 Å². The van der Waals surface area contributed by atoms with E-state index in [0.29, 0.717) is 16.4 Å². The highest BCUT2D eigenvalue weighted by atomic mass is 35.5.